The Morgan fingerprint density at radius 1 is 1.25 bits per heavy atom. The van der Waals surface area contributed by atoms with Gasteiger partial charge in [-0.15, -0.1) is 0 Å². The highest BCUT2D eigenvalue weighted by atomic mass is 16.4. The Balaban J connectivity index is 2.13. The van der Waals surface area contributed by atoms with E-state index in [1.54, 1.807) is 43.0 Å². The molecule has 0 spiro atoms. The van der Waals surface area contributed by atoms with Crippen molar-refractivity contribution in [3.63, 3.8) is 0 Å². The van der Waals surface area contributed by atoms with Crippen molar-refractivity contribution in [1.82, 2.24) is 9.78 Å². The Morgan fingerprint density at radius 2 is 2.00 bits per heavy atom. The first-order valence-electron chi connectivity index (χ1n) is 5.87. The molecule has 0 fully saturated rings. The molecule has 3 N–H and O–H groups in total. The summed E-state index contributed by atoms with van der Waals surface area (Å²) >= 11 is 0. The summed E-state index contributed by atoms with van der Waals surface area (Å²) in [4.78, 5) is 22.9. The van der Waals surface area contributed by atoms with E-state index >= 15 is 0 Å². The number of nitrogens with zero attached hydrogens (tertiary/aromatic N) is 2. The number of carboxylic acids is 1. The van der Waals surface area contributed by atoms with E-state index in [9.17, 15) is 9.59 Å². The number of amides is 2. The highest BCUT2D eigenvalue weighted by molar-refractivity contribution is 6.04. The van der Waals surface area contributed by atoms with Gasteiger partial charge < -0.3 is 10.4 Å². The zero-order valence-corrected chi connectivity index (χ0v) is 11.0. The van der Waals surface area contributed by atoms with Crippen LogP contribution in [0.4, 0.5) is 16.3 Å². The average molecular weight is 274 g/mol. The van der Waals surface area contributed by atoms with Crippen LogP contribution in [0.3, 0.4) is 0 Å². The molecule has 0 saturated carbocycles. The molecule has 0 atom stereocenters. The molecule has 2 rings (SSSR count). The van der Waals surface area contributed by atoms with Crippen LogP contribution < -0.4 is 10.6 Å². The number of carboxylic acid groups (broad SMARTS) is 1. The Kier molecular flexibility index (Phi) is 3.69. The molecule has 0 aliphatic heterocycles. The summed E-state index contributed by atoms with van der Waals surface area (Å²) in [6.45, 7) is 1.78. The minimum Gasteiger partial charge on any atom is -0.478 e. The van der Waals surface area contributed by atoms with Gasteiger partial charge in [0.15, 0.2) is 5.82 Å². The van der Waals surface area contributed by atoms with Crippen molar-refractivity contribution in [2.75, 3.05) is 10.6 Å². The topological polar surface area (TPSA) is 96.3 Å². The van der Waals surface area contributed by atoms with Gasteiger partial charge >= 0.3 is 12.0 Å². The molecule has 104 valence electrons. The molecule has 0 unspecified atom stereocenters. The highest BCUT2D eigenvalue weighted by Crippen LogP contribution is 2.17. The van der Waals surface area contributed by atoms with Gasteiger partial charge in [0.1, 0.15) is 0 Å². The van der Waals surface area contributed by atoms with Crippen LogP contribution in [0, 0.1) is 6.92 Å². The average Bonchev–Trinajstić information content (AvgIpc) is 2.76. The molecular weight excluding hydrogens is 260 g/mol. The summed E-state index contributed by atoms with van der Waals surface area (Å²) in [5.41, 5.74) is 1.08. The predicted molar refractivity (Wildman–Crippen MR) is 74.0 cm³/mol. The molecule has 1 heterocycles. The third-order valence-corrected chi connectivity index (χ3v) is 2.61. The van der Waals surface area contributed by atoms with Gasteiger partial charge in [-0.05, 0) is 19.1 Å². The molecule has 0 bridgehead atoms. The minimum absolute atomic E-state index is 0.0428. The van der Waals surface area contributed by atoms with Crippen LogP contribution in [0.1, 0.15) is 15.9 Å². The normalized spacial score (nSPS) is 10.1. The molecule has 1 aromatic heterocycles. The quantitative estimate of drug-likeness (QED) is 0.798. The van der Waals surface area contributed by atoms with E-state index in [0.717, 1.165) is 5.56 Å². The van der Waals surface area contributed by atoms with Crippen LogP contribution in [-0.4, -0.2) is 26.9 Å². The summed E-state index contributed by atoms with van der Waals surface area (Å²) in [7, 11) is 1.73. The largest absolute Gasteiger partial charge is 0.478 e. The first-order valence-corrected chi connectivity index (χ1v) is 5.87. The lowest BCUT2D eigenvalue weighted by atomic mass is 10.1. The van der Waals surface area contributed by atoms with Gasteiger partial charge in [-0.1, -0.05) is 11.6 Å². The van der Waals surface area contributed by atoms with Crippen molar-refractivity contribution in [2.24, 2.45) is 7.05 Å². The molecule has 0 aliphatic carbocycles. The number of aromatic carboxylic acids is 1. The third kappa shape index (κ3) is 3.14. The number of carbonyl (C=O) groups excluding carboxylic acids is 1. The monoisotopic (exact) mass is 274 g/mol. The molecular formula is C13H14N4O3. The van der Waals surface area contributed by atoms with E-state index in [-0.39, 0.29) is 11.3 Å². The van der Waals surface area contributed by atoms with Gasteiger partial charge in [-0.25, -0.2) is 9.59 Å². The Labute approximate surface area is 115 Å². The fourth-order valence-electron chi connectivity index (χ4n) is 1.70. The Hall–Kier alpha value is -2.83. The van der Waals surface area contributed by atoms with Crippen molar-refractivity contribution in [2.45, 2.75) is 6.92 Å². The molecule has 7 heteroatoms. The fraction of sp³-hybridized carbons (Fsp3) is 0.154. The predicted octanol–water partition coefficient (Wildman–Crippen LogP) is 2.07. The number of carbonyl (C=O) groups is 2. The number of hydrogen-bond acceptors (Lipinski definition) is 3. The van der Waals surface area contributed by atoms with Crippen LogP contribution >= 0.6 is 0 Å². The summed E-state index contributed by atoms with van der Waals surface area (Å²) in [6, 6.07) is 5.86. The maximum atomic E-state index is 11.8. The molecule has 0 aliphatic rings. The molecule has 20 heavy (non-hydrogen) atoms. The lowest BCUT2D eigenvalue weighted by Crippen LogP contribution is -2.21. The first kappa shape index (κ1) is 13.6. The number of rotatable bonds is 3. The SMILES string of the molecule is Cc1ccc(NC(=O)Nc2ccn(C)n2)c(C(=O)O)c1. The zero-order valence-electron chi connectivity index (χ0n) is 11.0. The second-order valence-corrected chi connectivity index (χ2v) is 4.31. The third-order valence-electron chi connectivity index (χ3n) is 2.61. The minimum atomic E-state index is -1.10. The van der Waals surface area contributed by atoms with E-state index in [4.69, 9.17) is 5.11 Å². The molecule has 2 aromatic rings. The Morgan fingerprint density at radius 3 is 2.60 bits per heavy atom. The Bertz CT molecular complexity index is 663. The second kappa shape index (κ2) is 5.43. The van der Waals surface area contributed by atoms with Crippen molar-refractivity contribution in [3.8, 4) is 0 Å². The first-order chi connectivity index (χ1) is 9.45. The maximum Gasteiger partial charge on any atom is 0.337 e. The van der Waals surface area contributed by atoms with Crippen molar-refractivity contribution < 1.29 is 14.7 Å². The van der Waals surface area contributed by atoms with Gasteiger partial charge in [-0.2, -0.15) is 5.10 Å². The molecule has 0 radical (unpaired) electrons. The zero-order chi connectivity index (χ0) is 14.7. The van der Waals surface area contributed by atoms with Crippen molar-refractivity contribution in [1.29, 1.82) is 0 Å². The van der Waals surface area contributed by atoms with Gasteiger partial charge in [0.05, 0.1) is 11.3 Å². The van der Waals surface area contributed by atoms with Crippen LogP contribution in [0.25, 0.3) is 0 Å². The summed E-state index contributed by atoms with van der Waals surface area (Å²) in [6.07, 6.45) is 1.68. The number of urea groups is 1. The van der Waals surface area contributed by atoms with E-state index in [1.807, 2.05) is 0 Å². The van der Waals surface area contributed by atoms with Crippen LogP contribution in [0.5, 0.6) is 0 Å². The number of benzene rings is 1. The summed E-state index contributed by atoms with van der Waals surface area (Å²) < 4.78 is 1.55. The van der Waals surface area contributed by atoms with Gasteiger partial charge in [0.25, 0.3) is 0 Å². The van der Waals surface area contributed by atoms with E-state index < -0.39 is 12.0 Å². The van der Waals surface area contributed by atoms with Crippen molar-refractivity contribution >= 4 is 23.5 Å². The molecule has 2 amide bonds. The number of aryl methyl sites for hydroxylation is 2. The lowest BCUT2D eigenvalue weighted by Gasteiger charge is -2.09. The number of anilines is 2. The second-order valence-electron chi connectivity index (χ2n) is 4.31. The van der Waals surface area contributed by atoms with E-state index in [2.05, 4.69) is 15.7 Å². The van der Waals surface area contributed by atoms with Crippen molar-refractivity contribution in [3.05, 3.63) is 41.6 Å². The standard InChI is InChI=1S/C13H14N4O3/c1-8-3-4-10(9(7-8)12(18)19)14-13(20)15-11-5-6-17(2)16-11/h3-7H,1-2H3,(H,18,19)(H2,14,15,16,20). The fourth-order valence-corrected chi connectivity index (χ4v) is 1.70. The highest BCUT2D eigenvalue weighted by Gasteiger charge is 2.13. The number of aromatic nitrogens is 2. The van der Waals surface area contributed by atoms with Gasteiger partial charge in [0.2, 0.25) is 0 Å². The van der Waals surface area contributed by atoms with Crippen LogP contribution in [0.2, 0.25) is 0 Å². The summed E-state index contributed by atoms with van der Waals surface area (Å²) in [5.74, 6) is -0.712. The van der Waals surface area contributed by atoms with E-state index in [1.165, 1.54) is 6.07 Å². The molecule has 7 nitrogen and oxygen atoms in total. The number of nitrogens with one attached hydrogen (secondary N) is 2. The number of hydrogen-bond donors (Lipinski definition) is 3. The van der Waals surface area contributed by atoms with Crippen LogP contribution in [0.15, 0.2) is 30.5 Å². The lowest BCUT2D eigenvalue weighted by molar-refractivity contribution is 0.0698. The van der Waals surface area contributed by atoms with Gasteiger partial charge in [-0.3, -0.25) is 10.00 Å². The van der Waals surface area contributed by atoms with Gasteiger partial charge in [0, 0.05) is 19.3 Å². The molecule has 0 saturated heterocycles. The van der Waals surface area contributed by atoms with Crippen LogP contribution in [-0.2, 0) is 7.05 Å². The smallest absolute Gasteiger partial charge is 0.337 e. The summed E-state index contributed by atoms with van der Waals surface area (Å²) in [5, 5.41) is 18.1. The van der Waals surface area contributed by atoms with E-state index in [0.29, 0.717) is 5.82 Å². The molecule has 1 aromatic carbocycles. The maximum absolute atomic E-state index is 11.8.